The van der Waals surface area contributed by atoms with Crippen LogP contribution in [0.3, 0.4) is 0 Å². The van der Waals surface area contributed by atoms with Crippen molar-refractivity contribution in [3.8, 4) is 12.3 Å². The molecule has 1 heterocycles. The molecule has 14 heavy (non-hydrogen) atoms. The molecule has 0 aromatic heterocycles. The van der Waals surface area contributed by atoms with Crippen LogP contribution in [0.15, 0.2) is 0 Å². The van der Waals surface area contributed by atoms with Gasteiger partial charge in [-0.1, -0.05) is 12.8 Å². The van der Waals surface area contributed by atoms with Crippen molar-refractivity contribution in [2.24, 2.45) is 0 Å². The van der Waals surface area contributed by atoms with Gasteiger partial charge in [-0.05, 0) is 6.42 Å². The number of terminal acetylenes is 1. The molecule has 3 nitrogen and oxygen atoms in total. The number of esters is 1. The number of thioether (sulfide) groups is 1. The zero-order valence-electron chi connectivity index (χ0n) is 8.50. The largest absolute Gasteiger partial charge is 0.468 e. The molecule has 1 saturated heterocycles. The SMILES string of the molecule is C#CCNC1(C(=O)OC)CSC(C)C1. The Morgan fingerprint density at radius 1 is 1.86 bits per heavy atom. The fourth-order valence-corrected chi connectivity index (χ4v) is 2.96. The second kappa shape index (κ2) is 4.72. The zero-order valence-corrected chi connectivity index (χ0v) is 9.32. The smallest absolute Gasteiger partial charge is 0.326 e. The van der Waals surface area contributed by atoms with Crippen LogP contribution in [0, 0.1) is 12.3 Å². The van der Waals surface area contributed by atoms with Gasteiger partial charge in [-0.25, -0.2) is 0 Å². The van der Waals surface area contributed by atoms with Crippen molar-refractivity contribution in [1.82, 2.24) is 5.32 Å². The van der Waals surface area contributed by atoms with Crippen LogP contribution in [0.1, 0.15) is 13.3 Å². The summed E-state index contributed by atoms with van der Waals surface area (Å²) in [6.07, 6.45) is 5.95. The summed E-state index contributed by atoms with van der Waals surface area (Å²) in [5.41, 5.74) is -0.564. The van der Waals surface area contributed by atoms with Crippen LogP contribution in [-0.2, 0) is 9.53 Å². The molecule has 1 aliphatic rings. The van der Waals surface area contributed by atoms with Gasteiger partial charge in [0.2, 0.25) is 0 Å². The Bertz CT molecular complexity index is 261. The van der Waals surface area contributed by atoms with E-state index in [1.807, 2.05) is 0 Å². The molecule has 2 atom stereocenters. The molecule has 78 valence electrons. The zero-order chi connectivity index (χ0) is 10.6. The number of nitrogens with one attached hydrogen (secondary N) is 1. The molecule has 0 spiro atoms. The second-order valence-electron chi connectivity index (χ2n) is 3.46. The average molecular weight is 213 g/mol. The van der Waals surface area contributed by atoms with Gasteiger partial charge in [0, 0.05) is 11.0 Å². The lowest BCUT2D eigenvalue weighted by atomic mass is 9.96. The highest BCUT2D eigenvalue weighted by molar-refractivity contribution is 8.00. The van der Waals surface area contributed by atoms with Crippen molar-refractivity contribution >= 4 is 17.7 Å². The molecule has 0 amide bonds. The highest BCUT2D eigenvalue weighted by atomic mass is 32.2. The highest BCUT2D eigenvalue weighted by Gasteiger charge is 2.45. The summed E-state index contributed by atoms with van der Waals surface area (Å²) in [6, 6.07) is 0. The molecule has 0 radical (unpaired) electrons. The first-order valence-corrected chi connectivity index (χ1v) is 5.58. The minimum Gasteiger partial charge on any atom is -0.468 e. The minimum absolute atomic E-state index is 0.204. The number of ether oxygens (including phenoxy) is 1. The number of methoxy groups -OCH3 is 1. The number of hydrogen-bond acceptors (Lipinski definition) is 4. The van der Waals surface area contributed by atoms with E-state index in [-0.39, 0.29) is 5.97 Å². The third-order valence-electron chi connectivity index (χ3n) is 2.36. The van der Waals surface area contributed by atoms with Crippen LogP contribution in [-0.4, -0.2) is 36.2 Å². The summed E-state index contributed by atoms with van der Waals surface area (Å²) >= 11 is 1.77. The van der Waals surface area contributed by atoms with Gasteiger partial charge >= 0.3 is 5.97 Å². The summed E-state index contributed by atoms with van der Waals surface area (Å²) in [4.78, 5) is 11.6. The maximum atomic E-state index is 11.6. The molecule has 0 saturated carbocycles. The van der Waals surface area contributed by atoms with Gasteiger partial charge in [0.15, 0.2) is 0 Å². The molecule has 1 aliphatic heterocycles. The van der Waals surface area contributed by atoms with Crippen LogP contribution in [0.25, 0.3) is 0 Å². The standard InChI is InChI=1S/C10H15NO2S/c1-4-5-11-10(9(12)13-3)6-8(2)14-7-10/h1,8,11H,5-7H2,2-3H3. The quantitative estimate of drug-likeness (QED) is 0.552. The Kier molecular flexibility index (Phi) is 3.85. The molecule has 0 aromatic rings. The van der Waals surface area contributed by atoms with E-state index in [9.17, 15) is 4.79 Å². The van der Waals surface area contributed by atoms with Crippen LogP contribution >= 0.6 is 11.8 Å². The van der Waals surface area contributed by atoms with Crippen LogP contribution < -0.4 is 5.32 Å². The number of rotatable bonds is 3. The first-order valence-electron chi connectivity index (χ1n) is 4.53. The second-order valence-corrected chi connectivity index (χ2v) is 4.88. The van der Waals surface area contributed by atoms with E-state index < -0.39 is 5.54 Å². The molecule has 1 rings (SSSR count). The summed E-state index contributed by atoms with van der Waals surface area (Å²) in [7, 11) is 1.41. The van der Waals surface area contributed by atoms with Gasteiger partial charge in [0.1, 0.15) is 5.54 Å². The topological polar surface area (TPSA) is 38.3 Å². The Morgan fingerprint density at radius 2 is 2.57 bits per heavy atom. The Morgan fingerprint density at radius 3 is 3.00 bits per heavy atom. The van der Waals surface area contributed by atoms with Gasteiger partial charge in [-0.3, -0.25) is 10.1 Å². The lowest BCUT2D eigenvalue weighted by molar-refractivity contribution is -0.147. The summed E-state index contributed by atoms with van der Waals surface area (Å²) in [5, 5.41) is 3.57. The van der Waals surface area contributed by atoms with E-state index >= 15 is 0 Å². The number of carbonyl (C=O) groups is 1. The maximum absolute atomic E-state index is 11.6. The fourth-order valence-electron chi connectivity index (χ4n) is 1.65. The van der Waals surface area contributed by atoms with Gasteiger partial charge in [0.05, 0.1) is 13.7 Å². The molecule has 0 aromatic carbocycles. The van der Waals surface area contributed by atoms with Crippen molar-refractivity contribution in [3.63, 3.8) is 0 Å². The number of carbonyl (C=O) groups excluding carboxylic acids is 1. The lowest BCUT2D eigenvalue weighted by Crippen LogP contribution is -2.53. The van der Waals surface area contributed by atoms with Gasteiger partial charge in [-0.15, -0.1) is 6.42 Å². The van der Waals surface area contributed by atoms with Crippen molar-refractivity contribution in [2.75, 3.05) is 19.4 Å². The first-order chi connectivity index (χ1) is 6.64. The van der Waals surface area contributed by atoms with E-state index in [4.69, 9.17) is 11.2 Å². The van der Waals surface area contributed by atoms with E-state index in [1.165, 1.54) is 7.11 Å². The average Bonchev–Trinajstić information content (AvgIpc) is 2.57. The monoisotopic (exact) mass is 213 g/mol. The van der Waals surface area contributed by atoms with Crippen molar-refractivity contribution in [2.45, 2.75) is 24.1 Å². The predicted molar refractivity (Wildman–Crippen MR) is 58.1 cm³/mol. The summed E-state index contributed by atoms with van der Waals surface area (Å²) in [6.45, 7) is 2.51. The molecule has 2 unspecified atom stereocenters. The van der Waals surface area contributed by atoms with Gasteiger partial charge in [0.25, 0.3) is 0 Å². The van der Waals surface area contributed by atoms with Crippen molar-refractivity contribution in [3.05, 3.63) is 0 Å². The molecule has 4 heteroatoms. The third kappa shape index (κ3) is 2.23. The van der Waals surface area contributed by atoms with E-state index in [1.54, 1.807) is 11.8 Å². The predicted octanol–water partition coefficient (Wildman–Crippen LogP) is 0.646. The normalized spacial score (nSPS) is 31.1. The van der Waals surface area contributed by atoms with Crippen molar-refractivity contribution in [1.29, 1.82) is 0 Å². The lowest BCUT2D eigenvalue weighted by Gasteiger charge is -2.25. The molecule has 0 aliphatic carbocycles. The first kappa shape index (κ1) is 11.4. The van der Waals surface area contributed by atoms with Gasteiger partial charge in [-0.2, -0.15) is 11.8 Å². The van der Waals surface area contributed by atoms with Gasteiger partial charge < -0.3 is 4.74 Å². The van der Waals surface area contributed by atoms with E-state index in [0.29, 0.717) is 11.8 Å². The maximum Gasteiger partial charge on any atom is 0.326 e. The molecular weight excluding hydrogens is 198 g/mol. The van der Waals surface area contributed by atoms with Crippen LogP contribution in [0.5, 0.6) is 0 Å². The molecule has 1 N–H and O–H groups in total. The van der Waals surface area contributed by atoms with E-state index in [2.05, 4.69) is 18.2 Å². The van der Waals surface area contributed by atoms with Crippen molar-refractivity contribution < 1.29 is 9.53 Å². The Balaban J connectivity index is 2.70. The van der Waals surface area contributed by atoms with E-state index in [0.717, 1.165) is 12.2 Å². The fraction of sp³-hybridized carbons (Fsp3) is 0.700. The summed E-state index contributed by atoms with van der Waals surface area (Å²) < 4.78 is 4.80. The Hall–Kier alpha value is -0.660. The molecular formula is C10H15NO2S. The highest BCUT2D eigenvalue weighted by Crippen LogP contribution is 2.35. The van der Waals surface area contributed by atoms with Crippen LogP contribution in [0.4, 0.5) is 0 Å². The van der Waals surface area contributed by atoms with Crippen LogP contribution in [0.2, 0.25) is 0 Å². The number of hydrogen-bond donors (Lipinski definition) is 1. The summed E-state index contributed by atoms with van der Waals surface area (Å²) in [5.74, 6) is 3.02. The minimum atomic E-state index is -0.564. The molecule has 0 bridgehead atoms. The third-order valence-corrected chi connectivity index (χ3v) is 3.75. The molecule has 1 fully saturated rings. The Labute approximate surface area is 89.0 Å².